The van der Waals surface area contributed by atoms with E-state index in [0.29, 0.717) is 43.9 Å². The third-order valence-electron chi connectivity index (χ3n) is 4.44. The van der Waals surface area contributed by atoms with Crippen LogP contribution in [-0.2, 0) is 0 Å². The van der Waals surface area contributed by atoms with Gasteiger partial charge in [0.15, 0.2) is 5.58 Å². The number of aromatic nitrogens is 1. The highest BCUT2D eigenvalue weighted by molar-refractivity contribution is 6.34. The Bertz CT molecular complexity index is 1210. The molecule has 0 saturated carbocycles. The van der Waals surface area contributed by atoms with E-state index in [1.165, 1.54) is 0 Å². The first-order valence-corrected chi connectivity index (χ1v) is 9.41. The van der Waals surface area contributed by atoms with Gasteiger partial charge in [0.05, 0.1) is 10.7 Å². The molecule has 4 rings (SSSR count). The average molecular weight is 411 g/mol. The summed E-state index contributed by atoms with van der Waals surface area (Å²) in [6.45, 7) is 3.89. The van der Waals surface area contributed by atoms with Gasteiger partial charge >= 0.3 is 0 Å². The van der Waals surface area contributed by atoms with Crippen LogP contribution < -0.4 is 5.32 Å². The first kappa shape index (κ1) is 18.5. The summed E-state index contributed by atoms with van der Waals surface area (Å²) in [5.41, 5.74) is 5.10. The highest BCUT2D eigenvalue weighted by atomic mass is 35.5. The van der Waals surface area contributed by atoms with Crippen molar-refractivity contribution in [3.05, 3.63) is 81.3 Å². The summed E-state index contributed by atoms with van der Waals surface area (Å²) in [5.74, 6) is 0.205. The number of carbonyl (C=O) groups is 1. The molecule has 0 aliphatic heterocycles. The number of hydrogen-bond acceptors (Lipinski definition) is 3. The molecule has 0 radical (unpaired) electrons. The second-order valence-electron chi connectivity index (χ2n) is 6.60. The highest BCUT2D eigenvalue weighted by Gasteiger charge is 2.14. The van der Waals surface area contributed by atoms with Gasteiger partial charge in [0.2, 0.25) is 5.89 Å². The fourth-order valence-corrected chi connectivity index (χ4v) is 3.37. The van der Waals surface area contributed by atoms with Crippen molar-refractivity contribution in [1.29, 1.82) is 0 Å². The maximum atomic E-state index is 12.7. The lowest BCUT2D eigenvalue weighted by Crippen LogP contribution is -2.13. The highest BCUT2D eigenvalue weighted by Crippen LogP contribution is 2.31. The van der Waals surface area contributed by atoms with Crippen molar-refractivity contribution < 1.29 is 9.21 Å². The zero-order chi connectivity index (χ0) is 19.8. The summed E-state index contributed by atoms with van der Waals surface area (Å²) in [4.78, 5) is 17.2. The fraction of sp³-hybridized carbons (Fsp3) is 0.0909. The fourth-order valence-electron chi connectivity index (χ4n) is 3.04. The Morgan fingerprint density at radius 2 is 1.82 bits per heavy atom. The van der Waals surface area contributed by atoms with Gasteiger partial charge < -0.3 is 9.73 Å². The van der Waals surface area contributed by atoms with Crippen LogP contribution in [0.25, 0.3) is 22.6 Å². The molecule has 1 N–H and O–H groups in total. The molecule has 140 valence electrons. The van der Waals surface area contributed by atoms with E-state index in [-0.39, 0.29) is 5.91 Å². The maximum absolute atomic E-state index is 12.7. The normalized spacial score (nSPS) is 11.0. The smallest absolute Gasteiger partial charge is 0.255 e. The van der Waals surface area contributed by atoms with E-state index in [4.69, 9.17) is 27.6 Å². The quantitative estimate of drug-likeness (QED) is 0.410. The van der Waals surface area contributed by atoms with Gasteiger partial charge in [-0.05, 0) is 61.9 Å². The van der Waals surface area contributed by atoms with Crippen molar-refractivity contribution in [2.24, 2.45) is 0 Å². The molecular formula is C22H16Cl2N2O2. The zero-order valence-electron chi connectivity index (χ0n) is 15.2. The number of oxazole rings is 1. The number of anilines is 1. The Balaban J connectivity index is 1.67. The molecule has 0 spiro atoms. The van der Waals surface area contributed by atoms with Gasteiger partial charge in [0, 0.05) is 16.1 Å². The van der Waals surface area contributed by atoms with Crippen molar-refractivity contribution in [3.63, 3.8) is 0 Å². The molecular weight excluding hydrogens is 395 g/mol. The van der Waals surface area contributed by atoms with Gasteiger partial charge in [0.25, 0.3) is 5.91 Å². The van der Waals surface area contributed by atoms with Gasteiger partial charge in [-0.15, -0.1) is 0 Å². The molecule has 0 unspecified atom stereocenters. The molecule has 6 heteroatoms. The number of nitrogens with one attached hydrogen (secondary N) is 1. The molecule has 4 nitrogen and oxygen atoms in total. The van der Waals surface area contributed by atoms with Crippen LogP contribution in [0.1, 0.15) is 21.5 Å². The number of hydrogen-bond donors (Lipinski definition) is 1. The standard InChI is InChI=1S/C22H16Cl2N2O2/c1-12-3-6-16(13(2)9-12)21(27)25-18-10-14(4-7-17(18)24)22-26-19-11-15(23)5-8-20(19)28-22/h3-11H,1-2H3,(H,25,27). The van der Waals surface area contributed by atoms with Crippen LogP contribution in [0.3, 0.4) is 0 Å². The second-order valence-corrected chi connectivity index (χ2v) is 7.44. The van der Waals surface area contributed by atoms with E-state index in [1.54, 1.807) is 36.4 Å². The summed E-state index contributed by atoms with van der Waals surface area (Å²) >= 11 is 12.3. The molecule has 0 aliphatic rings. The largest absolute Gasteiger partial charge is 0.436 e. The number of carbonyl (C=O) groups excluding carboxylic acids is 1. The molecule has 28 heavy (non-hydrogen) atoms. The summed E-state index contributed by atoms with van der Waals surface area (Å²) < 4.78 is 5.80. The van der Waals surface area contributed by atoms with E-state index in [9.17, 15) is 4.79 Å². The van der Waals surface area contributed by atoms with Crippen LogP contribution in [0, 0.1) is 13.8 Å². The molecule has 3 aromatic carbocycles. The Morgan fingerprint density at radius 3 is 2.61 bits per heavy atom. The van der Waals surface area contributed by atoms with Gasteiger partial charge in [-0.1, -0.05) is 40.9 Å². The summed E-state index contributed by atoms with van der Waals surface area (Å²) in [7, 11) is 0. The minimum Gasteiger partial charge on any atom is -0.436 e. The predicted octanol–water partition coefficient (Wildman–Crippen LogP) is 6.67. The number of benzene rings is 3. The van der Waals surface area contributed by atoms with E-state index in [1.807, 2.05) is 32.0 Å². The summed E-state index contributed by atoms with van der Waals surface area (Å²) in [5, 5.41) is 3.90. The lowest BCUT2D eigenvalue weighted by atomic mass is 10.1. The first-order chi connectivity index (χ1) is 13.4. The SMILES string of the molecule is Cc1ccc(C(=O)Nc2cc(-c3nc4cc(Cl)ccc4o3)ccc2Cl)c(C)c1. The Labute approximate surface area is 172 Å². The molecule has 1 aromatic heterocycles. The van der Waals surface area contributed by atoms with E-state index in [2.05, 4.69) is 10.3 Å². The Hall–Kier alpha value is -2.82. The van der Waals surface area contributed by atoms with Crippen molar-refractivity contribution in [2.45, 2.75) is 13.8 Å². The van der Waals surface area contributed by atoms with Crippen LogP contribution in [0.2, 0.25) is 10.0 Å². The van der Waals surface area contributed by atoms with Crippen molar-refractivity contribution in [1.82, 2.24) is 4.98 Å². The number of aryl methyl sites for hydroxylation is 2. The summed E-state index contributed by atoms with van der Waals surface area (Å²) in [6.07, 6.45) is 0. The lowest BCUT2D eigenvalue weighted by molar-refractivity contribution is 0.102. The van der Waals surface area contributed by atoms with E-state index >= 15 is 0 Å². The second kappa shape index (κ2) is 7.30. The molecule has 4 aromatic rings. The molecule has 1 amide bonds. The monoisotopic (exact) mass is 410 g/mol. The minimum absolute atomic E-state index is 0.221. The van der Waals surface area contributed by atoms with Crippen LogP contribution in [0.15, 0.2) is 59.0 Å². The number of halogens is 2. The number of nitrogens with zero attached hydrogens (tertiary/aromatic N) is 1. The topological polar surface area (TPSA) is 55.1 Å². The number of fused-ring (bicyclic) bond motifs is 1. The predicted molar refractivity (Wildman–Crippen MR) is 113 cm³/mol. The maximum Gasteiger partial charge on any atom is 0.255 e. The van der Waals surface area contributed by atoms with Crippen LogP contribution in [0.4, 0.5) is 5.69 Å². The van der Waals surface area contributed by atoms with Crippen molar-refractivity contribution in [2.75, 3.05) is 5.32 Å². The van der Waals surface area contributed by atoms with Crippen LogP contribution in [0.5, 0.6) is 0 Å². The third kappa shape index (κ3) is 3.61. The average Bonchev–Trinajstić information content (AvgIpc) is 3.06. The van der Waals surface area contributed by atoms with Crippen LogP contribution in [-0.4, -0.2) is 10.9 Å². The zero-order valence-corrected chi connectivity index (χ0v) is 16.7. The Morgan fingerprint density at radius 1 is 1.00 bits per heavy atom. The van der Waals surface area contributed by atoms with Gasteiger partial charge in [-0.3, -0.25) is 4.79 Å². The van der Waals surface area contributed by atoms with Crippen LogP contribution >= 0.6 is 23.2 Å². The molecule has 0 aliphatic carbocycles. The van der Waals surface area contributed by atoms with Crippen molar-refractivity contribution >= 4 is 45.9 Å². The van der Waals surface area contributed by atoms with Gasteiger partial charge in [-0.25, -0.2) is 4.98 Å². The molecule has 0 saturated heterocycles. The van der Waals surface area contributed by atoms with E-state index < -0.39 is 0 Å². The lowest BCUT2D eigenvalue weighted by Gasteiger charge is -2.10. The summed E-state index contributed by atoms with van der Waals surface area (Å²) in [6, 6.07) is 16.2. The third-order valence-corrected chi connectivity index (χ3v) is 5.00. The minimum atomic E-state index is -0.221. The Kier molecular flexibility index (Phi) is 4.84. The number of rotatable bonds is 3. The van der Waals surface area contributed by atoms with Gasteiger partial charge in [-0.2, -0.15) is 0 Å². The van der Waals surface area contributed by atoms with E-state index in [0.717, 1.165) is 11.1 Å². The number of amides is 1. The molecule has 0 fully saturated rings. The molecule has 1 heterocycles. The van der Waals surface area contributed by atoms with Crippen molar-refractivity contribution in [3.8, 4) is 11.5 Å². The van der Waals surface area contributed by atoms with Gasteiger partial charge in [0.1, 0.15) is 5.52 Å². The molecule has 0 atom stereocenters. The molecule has 0 bridgehead atoms. The first-order valence-electron chi connectivity index (χ1n) is 8.65.